The van der Waals surface area contributed by atoms with Crippen LogP contribution in [0.3, 0.4) is 0 Å². The van der Waals surface area contributed by atoms with Gasteiger partial charge < -0.3 is 10.6 Å². The van der Waals surface area contributed by atoms with Crippen LogP contribution in [0.4, 0.5) is 0 Å². The molecule has 1 aromatic carbocycles. The summed E-state index contributed by atoms with van der Waals surface area (Å²) in [7, 11) is 1.87. The van der Waals surface area contributed by atoms with Crippen molar-refractivity contribution in [3.63, 3.8) is 0 Å². The highest BCUT2D eigenvalue weighted by molar-refractivity contribution is 7.98. The minimum absolute atomic E-state index is 0.0479. The number of hydrogen-bond acceptors (Lipinski definition) is 3. The van der Waals surface area contributed by atoms with Gasteiger partial charge in [0.15, 0.2) is 0 Å². The van der Waals surface area contributed by atoms with Gasteiger partial charge in [0.25, 0.3) is 5.91 Å². The summed E-state index contributed by atoms with van der Waals surface area (Å²) in [5, 5.41) is 0. The number of aryl methyl sites for hydroxylation is 1. The van der Waals surface area contributed by atoms with Crippen LogP contribution in [0, 0.1) is 18.8 Å². The van der Waals surface area contributed by atoms with Crippen LogP contribution in [-0.4, -0.2) is 42.4 Å². The van der Waals surface area contributed by atoms with Gasteiger partial charge in [0, 0.05) is 30.0 Å². The molecule has 0 radical (unpaired) electrons. The van der Waals surface area contributed by atoms with Crippen molar-refractivity contribution in [3.8, 4) is 11.8 Å². The minimum atomic E-state index is 0.0479. The average molecular weight is 304 g/mol. The summed E-state index contributed by atoms with van der Waals surface area (Å²) in [5.41, 5.74) is 8.03. The summed E-state index contributed by atoms with van der Waals surface area (Å²) in [6.45, 7) is 4.42. The second-order valence-electron chi connectivity index (χ2n) is 4.97. The normalized spacial score (nSPS) is 11.5. The third-order valence-electron chi connectivity index (χ3n) is 3.51. The molecule has 1 amide bonds. The van der Waals surface area contributed by atoms with E-state index >= 15 is 0 Å². The Morgan fingerprint density at radius 1 is 1.48 bits per heavy atom. The molecular weight excluding hydrogens is 280 g/mol. The van der Waals surface area contributed by atoms with E-state index in [0.29, 0.717) is 12.1 Å². The fourth-order valence-corrected chi connectivity index (χ4v) is 2.95. The Hall–Kier alpha value is -1.44. The standard InChI is InChI=1S/C17H24N2OS/c1-5-16(12-21-4)19(3)17(20)15-9-8-13(2)14(11-15)7-6-10-18/h8-9,11,16H,5,10,12,18H2,1-4H3. The molecule has 1 unspecified atom stereocenters. The van der Waals surface area contributed by atoms with Crippen LogP contribution in [-0.2, 0) is 0 Å². The molecule has 4 heteroatoms. The van der Waals surface area contributed by atoms with Gasteiger partial charge in [-0.25, -0.2) is 0 Å². The first-order chi connectivity index (χ1) is 10.0. The van der Waals surface area contributed by atoms with Crippen LogP contribution < -0.4 is 5.73 Å². The lowest BCUT2D eigenvalue weighted by molar-refractivity contribution is 0.0743. The van der Waals surface area contributed by atoms with E-state index in [0.717, 1.165) is 23.3 Å². The Labute approximate surface area is 132 Å². The van der Waals surface area contributed by atoms with Gasteiger partial charge >= 0.3 is 0 Å². The number of benzene rings is 1. The van der Waals surface area contributed by atoms with Crippen molar-refractivity contribution >= 4 is 17.7 Å². The smallest absolute Gasteiger partial charge is 0.253 e. The maximum absolute atomic E-state index is 12.6. The Bertz CT molecular complexity index is 545. The van der Waals surface area contributed by atoms with E-state index < -0.39 is 0 Å². The maximum Gasteiger partial charge on any atom is 0.253 e. The molecule has 21 heavy (non-hydrogen) atoms. The topological polar surface area (TPSA) is 46.3 Å². The Morgan fingerprint density at radius 3 is 2.76 bits per heavy atom. The molecule has 0 fully saturated rings. The lowest BCUT2D eigenvalue weighted by atomic mass is 10.0. The van der Waals surface area contributed by atoms with Gasteiger partial charge in [-0.05, 0) is 37.3 Å². The van der Waals surface area contributed by atoms with Crippen LogP contribution >= 0.6 is 11.8 Å². The van der Waals surface area contributed by atoms with Crippen LogP contribution in [0.2, 0.25) is 0 Å². The van der Waals surface area contributed by atoms with Crippen molar-refractivity contribution in [2.24, 2.45) is 5.73 Å². The van der Waals surface area contributed by atoms with E-state index in [9.17, 15) is 4.79 Å². The maximum atomic E-state index is 12.6. The van der Waals surface area contributed by atoms with Gasteiger partial charge in [-0.3, -0.25) is 4.79 Å². The third-order valence-corrected chi connectivity index (χ3v) is 4.23. The zero-order valence-electron chi connectivity index (χ0n) is 13.3. The zero-order valence-corrected chi connectivity index (χ0v) is 14.1. The first kappa shape index (κ1) is 17.6. The highest BCUT2D eigenvalue weighted by atomic mass is 32.2. The van der Waals surface area contributed by atoms with E-state index in [4.69, 9.17) is 5.73 Å². The predicted molar refractivity (Wildman–Crippen MR) is 91.7 cm³/mol. The van der Waals surface area contributed by atoms with Crippen LogP contribution in [0.15, 0.2) is 18.2 Å². The Morgan fingerprint density at radius 2 is 2.19 bits per heavy atom. The molecular formula is C17H24N2OS. The zero-order chi connectivity index (χ0) is 15.8. The number of nitrogens with two attached hydrogens (primary N) is 1. The highest BCUT2D eigenvalue weighted by Crippen LogP contribution is 2.15. The lowest BCUT2D eigenvalue weighted by Gasteiger charge is -2.27. The van der Waals surface area contributed by atoms with Gasteiger partial charge in [-0.2, -0.15) is 11.8 Å². The molecule has 1 rings (SSSR count). The summed E-state index contributed by atoms with van der Waals surface area (Å²) >= 11 is 1.76. The van der Waals surface area contributed by atoms with E-state index in [-0.39, 0.29) is 11.9 Å². The Kier molecular flexibility index (Phi) is 7.35. The first-order valence-corrected chi connectivity index (χ1v) is 8.50. The summed E-state index contributed by atoms with van der Waals surface area (Å²) in [6.07, 6.45) is 3.02. The average Bonchev–Trinajstić information content (AvgIpc) is 2.50. The summed E-state index contributed by atoms with van der Waals surface area (Å²) in [5.74, 6) is 6.87. The molecule has 0 bridgehead atoms. The molecule has 0 aliphatic heterocycles. The number of carbonyl (C=O) groups excluding carboxylic acids is 1. The molecule has 0 heterocycles. The third kappa shape index (κ3) is 4.80. The second-order valence-corrected chi connectivity index (χ2v) is 5.88. The fourth-order valence-electron chi connectivity index (χ4n) is 2.10. The molecule has 0 spiro atoms. The summed E-state index contributed by atoms with van der Waals surface area (Å²) in [4.78, 5) is 14.4. The van der Waals surface area contributed by atoms with Gasteiger partial charge in [-0.15, -0.1) is 0 Å². The monoisotopic (exact) mass is 304 g/mol. The molecule has 1 atom stereocenters. The number of rotatable bonds is 5. The molecule has 0 aromatic heterocycles. The van der Waals surface area contributed by atoms with Crippen LogP contribution in [0.5, 0.6) is 0 Å². The van der Waals surface area contributed by atoms with E-state index in [1.54, 1.807) is 11.8 Å². The minimum Gasteiger partial charge on any atom is -0.338 e. The summed E-state index contributed by atoms with van der Waals surface area (Å²) in [6, 6.07) is 5.93. The second kappa shape index (κ2) is 8.76. The summed E-state index contributed by atoms with van der Waals surface area (Å²) < 4.78 is 0. The van der Waals surface area contributed by atoms with Crippen molar-refractivity contribution in [2.45, 2.75) is 26.3 Å². The van der Waals surface area contributed by atoms with Gasteiger partial charge in [-0.1, -0.05) is 24.8 Å². The quantitative estimate of drug-likeness (QED) is 0.850. The fraction of sp³-hybridized carbons (Fsp3) is 0.471. The Balaban J connectivity index is 3.01. The molecule has 0 aliphatic rings. The van der Waals surface area contributed by atoms with Crippen molar-refractivity contribution in [1.29, 1.82) is 0 Å². The molecule has 1 aromatic rings. The number of carbonyl (C=O) groups is 1. The molecule has 0 saturated carbocycles. The number of nitrogens with zero attached hydrogens (tertiary/aromatic N) is 1. The van der Waals surface area contributed by atoms with Gasteiger partial charge in [0.1, 0.15) is 0 Å². The van der Waals surface area contributed by atoms with Crippen molar-refractivity contribution < 1.29 is 4.79 Å². The first-order valence-electron chi connectivity index (χ1n) is 7.10. The molecule has 3 nitrogen and oxygen atoms in total. The molecule has 2 N–H and O–H groups in total. The van der Waals surface area contributed by atoms with Crippen molar-refractivity contribution in [2.75, 3.05) is 25.6 Å². The lowest BCUT2D eigenvalue weighted by Crippen LogP contribution is -2.38. The molecule has 0 aliphatic carbocycles. The number of hydrogen-bond donors (Lipinski definition) is 1. The predicted octanol–water partition coefficient (Wildman–Crippen LogP) is 2.52. The van der Waals surface area contributed by atoms with Gasteiger partial charge in [0.2, 0.25) is 0 Å². The SMILES string of the molecule is CCC(CSC)N(C)C(=O)c1ccc(C)c(C#CCN)c1. The van der Waals surface area contributed by atoms with Crippen molar-refractivity contribution in [1.82, 2.24) is 4.90 Å². The van der Waals surface area contributed by atoms with Crippen molar-refractivity contribution in [3.05, 3.63) is 34.9 Å². The van der Waals surface area contributed by atoms with E-state index in [2.05, 4.69) is 25.0 Å². The number of amides is 1. The van der Waals surface area contributed by atoms with Crippen LogP contribution in [0.1, 0.15) is 34.8 Å². The largest absolute Gasteiger partial charge is 0.338 e. The van der Waals surface area contributed by atoms with Crippen LogP contribution in [0.25, 0.3) is 0 Å². The number of thioether (sulfide) groups is 1. The molecule has 114 valence electrons. The van der Waals surface area contributed by atoms with E-state index in [1.165, 1.54) is 0 Å². The molecule has 0 saturated heterocycles. The van der Waals surface area contributed by atoms with E-state index in [1.807, 2.05) is 37.1 Å². The van der Waals surface area contributed by atoms with Gasteiger partial charge in [0.05, 0.1) is 6.54 Å². The highest BCUT2D eigenvalue weighted by Gasteiger charge is 2.19.